The first-order valence-electron chi connectivity index (χ1n) is 6.01. The quantitative estimate of drug-likeness (QED) is 0.849. The number of thiophene rings is 1. The maximum Gasteiger partial charge on any atom is 0.356 e. The molecule has 2 aromatic heterocycles. The van der Waals surface area contributed by atoms with Crippen molar-refractivity contribution < 1.29 is 9.90 Å². The molecule has 104 valence electrons. The van der Waals surface area contributed by atoms with Crippen molar-refractivity contribution in [3.63, 3.8) is 0 Å². The van der Waals surface area contributed by atoms with Gasteiger partial charge in [0.1, 0.15) is 0 Å². The number of nitrogens with zero attached hydrogens (tertiary/aromatic N) is 2. The van der Waals surface area contributed by atoms with Gasteiger partial charge in [0.15, 0.2) is 5.69 Å². The van der Waals surface area contributed by atoms with E-state index < -0.39 is 5.97 Å². The van der Waals surface area contributed by atoms with Crippen molar-refractivity contribution in [3.05, 3.63) is 28.3 Å². The van der Waals surface area contributed by atoms with Gasteiger partial charge in [-0.05, 0) is 33.2 Å². The summed E-state index contributed by atoms with van der Waals surface area (Å²) < 4.78 is 0. The zero-order valence-corrected chi connectivity index (χ0v) is 12.3. The highest BCUT2D eigenvalue weighted by atomic mass is 32.1. The van der Waals surface area contributed by atoms with Gasteiger partial charge in [0.05, 0.1) is 22.0 Å². The average molecular weight is 289 g/mol. The zero-order chi connectivity index (χ0) is 14.7. The van der Waals surface area contributed by atoms with Gasteiger partial charge in [-0.25, -0.2) is 4.79 Å². The predicted molar refractivity (Wildman–Crippen MR) is 79.0 cm³/mol. The summed E-state index contributed by atoms with van der Waals surface area (Å²) in [4.78, 5) is 14.9. The molecule has 20 heavy (non-hydrogen) atoms. The molecule has 0 aliphatic heterocycles. The van der Waals surface area contributed by atoms with Gasteiger partial charge < -0.3 is 5.11 Å². The third kappa shape index (κ3) is 3.07. The fraction of sp³-hybridized carbons (Fsp3) is 0.286. The van der Waals surface area contributed by atoms with E-state index in [1.165, 1.54) is 11.3 Å². The monoisotopic (exact) mass is 289 g/mol. The van der Waals surface area contributed by atoms with Crippen LogP contribution in [-0.4, -0.2) is 46.8 Å². The summed E-state index contributed by atoms with van der Waals surface area (Å²) in [6, 6.07) is 3.86. The molecule has 0 bridgehead atoms. The van der Waals surface area contributed by atoms with E-state index in [1.807, 2.05) is 31.1 Å². The number of carbonyl (C=O) groups is 1. The summed E-state index contributed by atoms with van der Waals surface area (Å²) in [5, 5.41) is 15.6. The molecule has 2 rings (SSSR count). The number of hydrogen-bond acceptors (Lipinski definition) is 4. The molecule has 0 saturated heterocycles. The van der Waals surface area contributed by atoms with Gasteiger partial charge in [-0.3, -0.25) is 10.00 Å². The van der Waals surface area contributed by atoms with Crippen LogP contribution in [0.5, 0.6) is 0 Å². The Morgan fingerprint density at radius 3 is 2.85 bits per heavy atom. The van der Waals surface area contributed by atoms with E-state index in [4.69, 9.17) is 5.11 Å². The average Bonchev–Trinajstić information content (AvgIpc) is 2.95. The maximum atomic E-state index is 11.0. The van der Waals surface area contributed by atoms with Gasteiger partial charge >= 0.3 is 5.97 Å². The molecule has 0 amide bonds. The third-order valence-corrected chi connectivity index (χ3v) is 3.69. The van der Waals surface area contributed by atoms with Crippen LogP contribution in [0.1, 0.15) is 20.9 Å². The number of hydrogen-bond donors (Lipinski definition) is 2. The molecular weight excluding hydrogens is 274 g/mol. The lowest BCUT2D eigenvalue weighted by Crippen LogP contribution is -2.10. The van der Waals surface area contributed by atoms with Gasteiger partial charge in [-0.15, -0.1) is 11.3 Å². The number of rotatable bonds is 3. The Labute approximate surface area is 121 Å². The Balaban J connectivity index is 2.24. The fourth-order valence-electron chi connectivity index (χ4n) is 1.67. The second-order valence-corrected chi connectivity index (χ2v) is 5.66. The van der Waals surface area contributed by atoms with Crippen LogP contribution in [0, 0.1) is 18.8 Å². The molecule has 2 aromatic rings. The number of aromatic amines is 1. The highest BCUT2D eigenvalue weighted by Gasteiger charge is 2.16. The van der Waals surface area contributed by atoms with Crippen LogP contribution in [0.25, 0.3) is 10.6 Å². The van der Waals surface area contributed by atoms with Gasteiger partial charge in [-0.2, -0.15) is 5.10 Å². The van der Waals surface area contributed by atoms with E-state index in [0.717, 1.165) is 15.4 Å². The summed E-state index contributed by atoms with van der Waals surface area (Å²) in [5.74, 6) is 5.14. The van der Waals surface area contributed by atoms with E-state index in [1.54, 1.807) is 6.92 Å². The van der Waals surface area contributed by atoms with Crippen molar-refractivity contribution in [2.45, 2.75) is 6.92 Å². The lowest BCUT2D eigenvalue weighted by atomic mass is 10.2. The van der Waals surface area contributed by atoms with Gasteiger partial charge in [0, 0.05) is 5.56 Å². The standard InChI is InChI=1S/C14H15N3O2S/c1-9-12(15-16-13(9)14(18)19)11-7-6-10(20-11)5-4-8-17(2)3/h6-7H,8H2,1-3H3,(H,15,16)(H,18,19). The van der Waals surface area contributed by atoms with Crippen LogP contribution < -0.4 is 0 Å². The fourth-order valence-corrected chi connectivity index (χ4v) is 2.60. The Kier molecular flexibility index (Phi) is 4.23. The van der Waals surface area contributed by atoms with Crippen molar-refractivity contribution in [2.75, 3.05) is 20.6 Å². The van der Waals surface area contributed by atoms with E-state index in [-0.39, 0.29) is 5.69 Å². The van der Waals surface area contributed by atoms with Crippen molar-refractivity contribution in [1.29, 1.82) is 0 Å². The Bertz CT molecular complexity index is 689. The minimum Gasteiger partial charge on any atom is -0.476 e. The van der Waals surface area contributed by atoms with Gasteiger partial charge in [0.25, 0.3) is 0 Å². The number of nitrogens with one attached hydrogen (secondary N) is 1. The molecule has 0 fully saturated rings. The lowest BCUT2D eigenvalue weighted by molar-refractivity contribution is 0.0689. The van der Waals surface area contributed by atoms with E-state index in [0.29, 0.717) is 12.1 Å². The topological polar surface area (TPSA) is 69.2 Å². The second-order valence-electron chi connectivity index (χ2n) is 4.58. The van der Waals surface area contributed by atoms with Crippen molar-refractivity contribution >= 4 is 17.3 Å². The first kappa shape index (κ1) is 14.3. The molecule has 0 radical (unpaired) electrons. The first-order valence-corrected chi connectivity index (χ1v) is 6.82. The summed E-state index contributed by atoms with van der Waals surface area (Å²) in [6.07, 6.45) is 0. The Hall–Kier alpha value is -2.10. The smallest absolute Gasteiger partial charge is 0.356 e. The van der Waals surface area contributed by atoms with Crippen LogP contribution in [0.15, 0.2) is 12.1 Å². The Morgan fingerprint density at radius 1 is 1.50 bits per heavy atom. The molecule has 0 aromatic carbocycles. The van der Waals surface area contributed by atoms with Gasteiger partial charge in [0.2, 0.25) is 0 Å². The van der Waals surface area contributed by atoms with Crippen LogP contribution in [-0.2, 0) is 0 Å². The molecular formula is C14H15N3O2S. The number of aromatic nitrogens is 2. The molecule has 2 N–H and O–H groups in total. The third-order valence-electron chi connectivity index (χ3n) is 2.67. The molecule has 0 atom stereocenters. The largest absolute Gasteiger partial charge is 0.476 e. The van der Waals surface area contributed by atoms with Crippen LogP contribution in [0.3, 0.4) is 0 Å². The van der Waals surface area contributed by atoms with E-state index in [9.17, 15) is 4.79 Å². The van der Waals surface area contributed by atoms with Gasteiger partial charge in [-0.1, -0.05) is 11.8 Å². The van der Waals surface area contributed by atoms with Crippen molar-refractivity contribution in [1.82, 2.24) is 15.1 Å². The SMILES string of the molecule is Cc1c(C(=O)O)n[nH]c1-c1ccc(C#CCN(C)C)s1. The van der Waals surface area contributed by atoms with Crippen LogP contribution in [0.4, 0.5) is 0 Å². The maximum absolute atomic E-state index is 11.0. The molecule has 6 heteroatoms. The normalized spacial score (nSPS) is 10.4. The van der Waals surface area contributed by atoms with E-state index >= 15 is 0 Å². The summed E-state index contributed by atoms with van der Waals surface area (Å²) in [7, 11) is 3.94. The number of carboxylic acid groups (broad SMARTS) is 1. The lowest BCUT2D eigenvalue weighted by Gasteiger charge is -2.00. The molecule has 0 spiro atoms. The molecule has 5 nitrogen and oxygen atoms in total. The van der Waals surface area contributed by atoms with Crippen LogP contribution in [0.2, 0.25) is 0 Å². The number of carboxylic acids is 1. The molecule has 2 heterocycles. The predicted octanol–water partition coefficient (Wildman–Crippen LogP) is 2.06. The highest BCUT2D eigenvalue weighted by Crippen LogP contribution is 2.29. The molecule has 0 aliphatic rings. The van der Waals surface area contributed by atoms with Crippen LogP contribution >= 0.6 is 11.3 Å². The Morgan fingerprint density at radius 2 is 2.25 bits per heavy atom. The number of H-pyrrole nitrogens is 1. The highest BCUT2D eigenvalue weighted by molar-refractivity contribution is 7.16. The molecule has 0 aliphatic carbocycles. The first-order chi connectivity index (χ1) is 9.49. The minimum atomic E-state index is -1.02. The molecule has 0 saturated carbocycles. The zero-order valence-electron chi connectivity index (χ0n) is 11.5. The number of aromatic carboxylic acids is 1. The minimum absolute atomic E-state index is 0.0636. The molecule has 0 unspecified atom stereocenters. The van der Waals surface area contributed by atoms with E-state index in [2.05, 4.69) is 22.0 Å². The summed E-state index contributed by atoms with van der Waals surface area (Å²) in [5.41, 5.74) is 1.45. The summed E-state index contributed by atoms with van der Waals surface area (Å²) >= 11 is 1.52. The van der Waals surface area contributed by atoms with Crippen molar-refractivity contribution in [2.24, 2.45) is 0 Å². The summed E-state index contributed by atoms with van der Waals surface area (Å²) in [6.45, 7) is 2.46. The van der Waals surface area contributed by atoms with Crippen molar-refractivity contribution in [3.8, 4) is 22.4 Å². The second kappa shape index (κ2) is 5.90.